The van der Waals surface area contributed by atoms with E-state index in [0.717, 1.165) is 12.3 Å². The third-order valence-corrected chi connectivity index (χ3v) is 3.60. The molecular weight excluding hydrogens is 391 g/mol. The van der Waals surface area contributed by atoms with Crippen molar-refractivity contribution in [2.45, 2.75) is 12.7 Å². The largest absolute Gasteiger partial charge is 0.417 e. The molecule has 0 atom stereocenters. The molecule has 0 spiro atoms. The molecule has 0 unspecified atom stereocenters. The Hall–Kier alpha value is -2.49. The van der Waals surface area contributed by atoms with Crippen molar-refractivity contribution in [3.05, 3.63) is 58.2 Å². The number of alkyl halides is 3. The lowest BCUT2D eigenvalue weighted by Gasteiger charge is -2.08. The predicted octanol–water partition coefficient (Wildman–Crippen LogP) is 2.84. The molecule has 0 bridgehead atoms. The van der Waals surface area contributed by atoms with E-state index in [1.807, 2.05) is 0 Å². The fourth-order valence-corrected chi connectivity index (χ4v) is 2.35. The normalized spacial score (nSPS) is 11.7. The van der Waals surface area contributed by atoms with E-state index in [9.17, 15) is 18.0 Å². The molecule has 0 saturated heterocycles. The Morgan fingerprint density at radius 1 is 1.21 bits per heavy atom. The van der Waals surface area contributed by atoms with E-state index in [4.69, 9.17) is 0 Å². The summed E-state index contributed by atoms with van der Waals surface area (Å²) < 4.78 is 40.1. The third kappa shape index (κ3) is 3.37. The molecular formula is C14H9BrF3N5O. The first-order valence-electron chi connectivity index (χ1n) is 6.66. The molecule has 0 saturated carbocycles. The standard InChI is InChI=1S/C14H9BrF3N5O/c15-10-3-1-2-9(20-10)13(24)19-6-12-22-21-11-5-4-8(7-23(11)12)14(16,17)18/h1-5,7H,6H2,(H,19,24). The van der Waals surface area contributed by atoms with Crippen LogP contribution in [0.25, 0.3) is 5.65 Å². The molecule has 0 aliphatic rings. The maximum atomic E-state index is 12.8. The lowest BCUT2D eigenvalue weighted by molar-refractivity contribution is -0.137. The van der Waals surface area contributed by atoms with Crippen LogP contribution in [-0.2, 0) is 12.7 Å². The lowest BCUT2D eigenvalue weighted by atomic mass is 10.3. The van der Waals surface area contributed by atoms with Crippen LogP contribution in [0, 0.1) is 0 Å². The van der Waals surface area contributed by atoms with Gasteiger partial charge in [-0.05, 0) is 40.2 Å². The van der Waals surface area contributed by atoms with Gasteiger partial charge in [0, 0.05) is 6.20 Å². The Labute approximate surface area is 141 Å². The first-order valence-corrected chi connectivity index (χ1v) is 7.45. The average Bonchev–Trinajstić information content (AvgIpc) is 2.94. The van der Waals surface area contributed by atoms with Gasteiger partial charge in [0.2, 0.25) is 0 Å². The summed E-state index contributed by atoms with van der Waals surface area (Å²) >= 11 is 3.16. The summed E-state index contributed by atoms with van der Waals surface area (Å²) in [6.45, 7) is -0.0878. The van der Waals surface area contributed by atoms with Gasteiger partial charge in [0.25, 0.3) is 5.91 Å². The molecule has 1 N–H and O–H groups in total. The number of carbonyl (C=O) groups excluding carboxylic acids is 1. The molecule has 3 aromatic heterocycles. The summed E-state index contributed by atoms with van der Waals surface area (Å²) in [7, 11) is 0. The number of nitrogens with zero attached hydrogens (tertiary/aromatic N) is 4. The van der Waals surface area contributed by atoms with Gasteiger partial charge >= 0.3 is 6.18 Å². The number of nitrogens with one attached hydrogen (secondary N) is 1. The third-order valence-electron chi connectivity index (χ3n) is 3.16. The maximum absolute atomic E-state index is 12.8. The molecule has 3 rings (SSSR count). The van der Waals surface area contributed by atoms with E-state index in [1.165, 1.54) is 16.5 Å². The highest BCUT2D eigenvalue weighted by atomic mass is 79.9. The van der Waals surface area contributed by atoms with Gasteiger partial charge in [-0.15, -0.1) is 10.2 Å². The van der Waals surface area contributed by atoms with E-state index >= 15 is 0 Å². The topological polar surface area (TPSA) is 72.2 Å². The molecule has 10 heteroatoms. The molecule has 124 valence electrons. The van der Waals surface area contributed by atoms with Crippen LogP contribution in [0.2, 0.25) is 0 Å². The summed E-state index contributed by atoms with van der Waals surface area (Å²) in [5, 5.41) is 10.1. The van der Waals surface area contributed by atoms with E-state index in [1.54, 1.807) is 12.1 Å². The predicted molar refractivity (Wildman–Crippen MR) is 81.1 cm³/mol. The van der Waals surface area contributed by atoms with E-state index in [-0.39, 0.29) is 23.7 Å². The zero-order valence-electron chi connectivity index (χ0n) is 11.9. The zero-order valence-corrected chi connectivity index (χ0v) is 13.5. The number of hydrogen-bond acceptors (Lipinski definition) is 4. The van der Waals surface area contributed by atoms with Crippen molar-refractivity contribution in [3.63, 3.8) is 0 Å². The van der Waals surface area contributed by atoms with Crippen LogP contribution < -0.4 is 5.32 Å². The van der Waals surface area contributed by atoms with Crippen molar-refractivity contribution in [1.82, 2.24) is 24.9 Å². The van der Waals surface area contributed by atoms with Gasteiger partial charge in [0.1, 0.15) is 10.3 Å². The molecule has 0 aliphatic carbocycles. The van der Waals surface area contributed by atoms with Gasteiger partial charge < -0.3 is 5.32 Å². The van der Waals surface area contributed by atoms with E-state index < -0.39 is 17.6 Å². The van der Waals surface area contributed by atoms with Crippen LogP contribution in [0.3, 0.4) is 0 Å². The van der Waals surface area contributed by atoms with Gasteiger partial charge in [0.05, 0.1) is 12.1 Å². The number of hydrogen-bond donors (Lipinski definition) is 1. The monoisotopic (exact) mass is 399 g/mol. The number of carbonyl (C=O) groups is 1. The van der Waals surface area contributed by atoms with Crippen molar-refractivity contribution >= 4 is 27.5 Å². The van der Waals surface area contributed by atoms with E-state index in [0.29, 0.717) is 4.60 Å². The highest BCUT2D eigenvalue weighted by Gasteiger charge is 2.31. The molecule has 0 fully saturated rings. The smallest absolute Gasteiger partial charge is 0.343 e. The Morgan fingerprint density at radius 3 is 2.71 bits per heavy atom. The first-order chi connectivity index (χ1) is 11.3. The van der Waals surface area contributed by atoms with Crippen LogP contribution in [-0.4, -0.2) is 25.5 Å². The molecule has 24 heavy (non-hydrogen) atoms. The number of halogens is 4. The van der Waals surface area contributed by atoms with Gasteiger partial charge in [-0.1, -0.05) is 6.07 Å². The summed E-state index contributed by atoms with van der Waals surface area (Å²) in [5.41, 5.74) is -0.391. The van der Waals surface area contributed by atoms with Gasteiger partial charge in [-0.3, -0.25) is 9.20 Å². The van der Waals surface area contributed by atoms with Crippen molar-refractivity contribution in [2.24, 2.45) is 0 Å². The minimum absolute atomic E-state index is 0.0878. The van der Waals surface area contributed by atoms with E-state index in [2.05, 4.69) is 36.4 Å². The number of fused-ring (bicyclic) bond motifs is 1. The van der Waals surface area contributed by atoms with Crippen molar-refractivity contribution in [1.29, 1.82) is 0 Å². The summed E-state index contributed by atoms with van der Waals surface area (Å²) in [5.74, 6) is -0.292. The molecule has 0 radical (unpaired) electrons. The maximum Gasteiger partial charge on any atom is 0.417 e. The number of aromatic nitrogens is 4. The average molecular weight is 400 g/mol. The van der Waals surface area contributed by atoms with Crippen LogP contribution in [0.15, 0.2) is 41.1 Å². The highest BCUT2D eigenvalue weighted by Crippen LogP contribution is 2.29. The molecule has 0 aliphatic heterocycles. The lowest BCUT2D eigenvalue weighted by Crippen LogP contribution is -2.25. The summed E-state index contributed by atoms with van der Waals surface area (Å²) in [6.07, 6.45) is -3.58. The summed E-state index contributed by atoms with van der Waals surface area (Å²) in [4.78, 5) is 16.0. The number of pyridine rings is 2. The second-order valence-electron chi connectivity index (χ2n) is 4.79. The van der Waals surface area contributed by atoms with Crippen molar-refractivity contribution < 1.29 is 18.0 Å². The Balaban J connectivity index is 1.81. The molecule has 0 aromatic carbocycles. The molecule has 3 aromatic rings. The minimum atomic E-state index is -4.47. The zero-order chi connectivity index (χ0) is 17.3. The van der Waals surface area contributed by atoms with Crippen LogP contribution >= 0.6 is 15.9 Å². The van der Waals surface area contributed by atoms with Crippen LogP contribution in [0.5, 0.6) is 0 Å². The van der Waals surface area contributed by atoms with Gasteiger partial charge in [-0.25, -0.2) is 4.98 Å². The number of amides is 1. The molecule has 1 amide bonds. The summed E-state index contributed by atoms with van der Waals surface area (Å²) in [6, 6.07) is 6.98. The highest BCUT2D eigenvalue weighted by molar-refractivity contribution is 9.10. The second kappa shape index (κ2) is 6.19. The fourth-order valence-electron chi connectivity index (χ4n) is 2.01. The van der Waals surface area contributed by atoms with Crippen LogP contribution in [0.1, 0.15) is 21.9 Å². The van der Waals surface area contributed by atoms with Crippen molar-refractivity contribution in [2.75, 3.05) is 0 Å². The first kappa shape index (κ1) is 16.4. The van der Waals surface area contributed by atoms with Crippen molar-refractivity contribution in [3.8, 4) is 0 Å². The minimum Gasteiger partial charge on any atom is -0.343 e. The SMILES string of the molecule is O=C(NCc1nnc2ccc(C(F)(F)F)cn12)c1cccc(Br)n1. The molecule has 3 heterocycles. The Morgan fingerprint density at radius 2 is 2.00 bits per heavy atom. The Bertz CT molecular complexity index is 909. The second-order valence-corrected chi connectivity index (χ2v) is 5.60. The van der Waals surface area contributed by atoms with Gasteiger partial charge in [-0.2, -0.15) is 13.2 Å². The van der Waals surface area contributed by atoms with Gasteiger partial charge in [0.15, 0.2) is 11.5 Å². The van der Waals surface area contributed by atoms with Crippen LogP contribution in [0.4, 0.5) is 13.2 Å². The fraction of sp³-hybridized carbons (Fsp3) is 0.143. The quantitative estimate of drug-likeness (QED) is 0.687. The molecule has 6 nitrogen and oxygen atoms in total. The Kier molecular flexibility index (Phi) is 4.22. The number of rotatable bonds is 3.